The zero-order valence-corrected chi connectivity index (χ0v) is 30.7. The molecule has 0 saturated carbocycles. The fraction of sp³-hybridized carbons (Fsp3) is 0.0741. The topological polar surface area (TPSA) is 0 Å². The summed E-state index contributed by atoms with van der Waals surface area (Å²) in [5.74, 6) is 0. The van der Waals surface area contributed by atoms with Gasteiger partial charge < -0.3 is 0 Å². The molecule has 0 unspecified atom stereocenters. The first-order chi connectivity index (χ1) is 26.4. The van der Waals surface area contributed by atoms with E-state index in [4.69, 9.17) is 0 Å². The van der Waals surface area contributed by atoms with Crippen LogP contribution in [0.4, 0.5) is 0 Å². The van der Waals surface area contributed by atoms with Crippen LogP contribution < -0.4 is 0 Å². The molecule has 11 aromatic rings. The highest BCUT2D eigenvalue weighted by atomic mass is 14.3. The Labute approximate surface area is 315 Å². The van der Waals surface area contributed by atoms with E-state index >= 15 is 0 Å². The van der Waals surface area contributed by atoms with E-state index in [-0.39, 0.29) is 5.41 Å². The van der Waals surface area contributed by atoms with Crippen LogP contribution in [0.2, 0.25) is 0 Å². The van der Waals surface area contributed by atoms with E-state index in [9.17, 15) is 0 Å². The number of hydrogen-bond acceptors (Lipinski definition) is 0. The van der Waals surface area contributed by atoms with Crippen LogP contribution in [0.1, 0.15) is 26.3 Å². The molecule has 0 fully saturated rings. The summed E-state index contributed by atoms with van der Waals surface area (Å²) in [6, 6.07) is 65.9. The average molecular weight is 687 g/mol. The summed E-state index contributed by atoms with van der Waals surface area (Å²) in [5.41, 5.74) is 8.97. The fourth-order valence-electron chi connectivity index (χ4n) is 9.64. The van der Waals surface area contributed by atoms with Crippen LogP contribution in [0, 0.1) is 0 Å². The first-order valence-electron chi connectivity index (χ1n) is 19.1. The molecular weight excluding hydrogens is 649 g/mol. The van der Waals surface area contributed by atoms with Crippen molar-refractivity contribution in [1.29, 1.82) is 0 Å². The molecule has 0 bridgehead atoms. The van der Waals surface area contributed by atoms with Crippen molar-refractivity contribution in [2.24, 2.45) is 0 Å². The third kappa shape index (κ3) is 4.50. The second-order valence-corrected chi connectivity index (χ2v) is 16.0. The average Bonchev–Trinajstić information content (AvgIpc) is 3.20. The van der Waals surface area contributed by atoms with E-state index in [2.05, 4.69) is 197 Å². The van der Waals surface area contributed by atoms with Gasteiger partial charge in [-0.15, -0.1) is 0 Å². The largest absolute Gasteiger partial charge is 0.0616 e. The maximum atomic E-state index is 2.48. The lowest BCUT2D eigenvalue weighted by Crippen LogP contribution is -2.13. The maximum absolute atomic E-state index is 2.48. The standard InChI is InChI=1S/C54H38/c1-54(2,3)53-48-20-9-8-19-45(48)52(44-21-11-13-33-12-4-5-16-38(33)44)47-29-26-37(32-49(47)53)39-30-31-42(41-18-7-6-17-40(39)41)43-27-24-36-23-22-34-14-10-15-35-25-28-46(43)51(36)50(34)35/h4-32H,1-3H3. The molecule has 11 aromatic carbocycles. The van der Waals surface area contributed by atoms with Crippen molar-refractivity contribution in [3.05, 3.63) is 181 Å². The van der Waals surface area contributed by atoms with Crippen molar-refractivity contribution in [1.82, 2.24) is 0 Å². The van der Waals surface area contributed by atoms with Crippen LogP contribution in [0.5, 0.6) is 0 Å². The molecule has 0 aliphatic rings. The summed E-state index contributed by atoms with van der Waals surface area (Å²) in [5, 5.41) is 18.3. The predicted octanol–water partition coefficient (Wildman–Crippen LogP) is 15.5. The van der Waals surface area contributed by atoms with Gasteiger partial charge in [-0.3, -0.25) is 0 Å². The van der Waals surface area contributed by atoms with Gasteiger partial charge in [0.25, 0.3) is 0 Å². The summed E-state index contributed by atoms with van der Waals surface area (Å²) >= 11 is 0. The van der Waals surface area contributed by atoms with Gasteiger partial charge in [0.1, 0.15) is 0 Å². The Balaban J connectivity index is 1.18. The normalized spacial score (nSPS) is 12.4. The molecule has 54 heavy (non-hydrogen) atoms. The van der Waals surface area contributed by atoms with Crippen LogP contribution in [-0.2, 0) is 5.41 Å². The lowest BCUT2D eigenvalue weighted by molar-refractivity contribution is 0.601. The predicted molar refractivity (Wildman–Crippen MR) is 235 cm³/mol. The second-order valence-electron chi connectivity index (χ2n) is 16.0. The van der Waals surface area contributed by atoms with E-state index in [1.165, 1.54) is 114 Å². The molecule has 0 nitrogen and oxygen atoms in total. The Bertz CT molecular complexity index is 3280. The molecule has 254 valence electrons. The van der Waals surface area contributed by atoms with Gasteiger partial charge in [-0.25, -0.2) is 0 Å². The Kier molecular flexibility index (Phi) is 6.61. The van der Waals surface area contributed by atoms with Crippen molar-refractivity contribution in [2.45, 2.75) is 26.2 Å². The van der Waals surface area contributed by atoms with Gasteiger partial charge >= 0.3 is 0 Å². The SMILES string of the molecule is CC(C)(C)c1c2ccccc2c(-c2cccc3ccccc23)c2ccc(-c3ccc(-c4ccc5ccc6cccc7ccc4c5c67)c4ccccc34)cc12. The molecule has 0 spiro atoms. The minimum atomic E-state index is -0.0747. The summed E-state index contributed by atoms with van der Waals surface area (Å²) in [6.45, 7) is 7.08. The van der Waals surface area contributed by atoms with E-state index in [1.54, 1.807) is 0 Å². The molecule has 11 rings (SSSR count). The van der Waals surface area contributed by atoms with Gasteiger partial charge in [-0.2, -0.15) is 0 Å². The monoisotopic (exact) mass is 686 g/mol. The zero-order valence-electron chi connectivity index (χ0n) is 30.7. The summed E-state index contributed by atoms with van der Waals surface area (Å²) in [4.78, 5) is 0. The third-order valence-corrected chi connectivity index (χ3v) is 11.9. The van der Waals surface area contributed by atoms with Gasteiger partial charge in [0, 0.05) is 0 Å². The quantitative estimate of drug-likeness (QED) is 0.128. The number of fused-ring (bicyclic) bond motifs is 4. The number of benzene rings is 11. The highest BCUT2D eigenvalue weighted by molar-refractivity contribution is 6.26. The Morgan fingerprint density at radius 2 is 0.796 bits per heavy atom. The molecule has 0 aliphatic carbocycles. The molecule has 0 N–H and O–H groups in total. The van der Waals surface area contributed by atoms with Crippen LogP contribution >= 0.6 is 0 Å². The molecule has 0 saturated heterocycles. The lowest BCUT2D eigenvalue weighted by Gasteiger charge is -2.27. The first kappa shape index (κ1) is 31.1. The Hall–Kier alpha value is -6.50. The van der Waals surface area contributed by atoms with Crippen molar-refractivity contribution < 1.29 is 0 Å². The van der Waals surface area contributed by atoms with Crippen molar-refractivity contribution in [3.8, 4) is 33.4 Å². The molecule has 0 heterocycles. The third-order valence-electron chi connectivity index (χ3n) is 11.9. The van der Waals surface area contributed by atoms with Crippen LogP contribution in [0.25, 0.3) is 109 Å². The minimum absolute atomic E-state index is 0.0747. The van der Waals surface area contributed by atoms with Crippen molar-refractivity contribution >= 4 is 75.4 Å². The highest BCUT2D eigenvalue weighted by Crippen LogP contribution is 2.48. The fourth-order valence-corrected chi connectivity index (χ4v) is 9.64. The van der Waals surface area contributed by atoms with Crippen LogP contribution in [0.15, 0.2) is 176 Å². The minimum Gasteiger partial charge on any atom is -0.0616 e. The van der Waals surface area contributed by atoms with Gasteiger partial charge in [-0.1, -0.05) is 191 Å². The molecule has 0 aromatic heterocycles. The van der Waals surface area contributed by atoms with E-state index in [1.807, 2.05) is 0 Å². The summed E-state index contributed by atoms with van der Waals surface area (Å²) < 4.78 is 0. The lowest BCUT2D eigenvalue weighted by atomic mass is 9.77. The molecule has 0 radical (unpaired) electrons. The maximum Gasteiger partial charge on any atom is -0.00204 e. The van der Waals surface area contributed by atoms with Gasteiger partial charge in [0.2, 0.25) is 0 Å². The first-order valence-corrected chi connectivity index (χ1v) is 19.1. The molecule has 0 atom stereocenters. The second kappa shape index (κ2) is 11.5. The van der Waals surface area contributed by atoms with E-state index in [0.29, 0.717) is 0 Å². The van der Waals surface area contributed by atoms with Gasteiger partial charge in [-0.05, 0) is 126 Å². The molecule has 0 heteroatoms. The smallest absolute Gasteiger partial charge is 0.00204 e. The Morgan fingerprint density at radius 1 is 0.296 bits per heavy atom. The molecule has 0 aliphatic heterocycles. The number of rotatable bonds is 3. The van der Waals surface area contributed by atoms with Gasteiger partial charge in [0.15, 0.2) is 0 Å². The molecule has 0 amide bonds. The van der Waals surface area contributed by atoms with E-state index in [0.717, 1.165) is 0 Å². The zero-order chi connectivity index (χ0) is 36.1. The summed E-state index contributed by atoms with van der Waals surface area (Å²) in [6.07, 6.45) is 0. The van der Waals surface area contributed by atoms with Gasteiger partial charge in [0.05, 0.1) is 0 Å². The van der Waals surface area contributed by atoms with Crippen molar-refractivity contribution in [3.63, 3.8) is 0 Å². The summed E-state index contributed by atoms with van der Waals surface area (Å²) in [7, 11) is 0. The Morgan fingerprint density at radius 3 is 1.57 bits per heavy atom. The molecular formula is C54H38. The van der Waals surface area contributed by atoms with Crippen molar-refractivity contribution in [2.75, 3.05) is 0 Å². The highest BCUT2D eigenvalue weighted by Gasteiger charge is 2.25. The number of hydrogen-bond donors (Lipinski definition) is 0. The van der Waals surface area contributed by atoms with Crippen LogP contribution in [0.3, 0.4) is 0 Å². The van der Waals surface area contributed by atoms with E-state index < -0.39 is 0 Å². The van der Waals surface area contributed by atoms with Crippen LogP contribution in [-0.4, -0.2) is 0 Å².